The Balaban J connectivity index is 1.94. The van der Waals surface area contributed by atoms with Crippen molar-refractivity contribution in [2.75, 3.05) is 18.0 Å². The molecule has 1 aliphatic rings. The van der Waals surface area contributed by atoms with Gasteiger partial charge in [-0.05, 0) is 39.5 Å². The van der Waals surface area contributed by atoms with Gasteiger partial charge in [0.15, 0.2) is 0 Å². The molecule has 0 aliphatic carbocycles. The number of nitrogens with one attached hydrogen (secondary N) is 1. The summed E-state index contributed by atoms with van der Waals surface area (Å²) >= 11 is 0. The fourth-order valence-electron chi connectivity index (χ4n) is 2.55. The first-order valence-electron chi connectivity index (χ1n) is 7.79. The minimum absolute atomic E-state index is 0.125. The van der Waals surface area contributed by atoms with E-state index in [1.807, 2.05) is 12.4 Å². The Morgan fingerprint density at radius 2 is 2.00 bits per heavy atom. The van der Waals surface area contributed by atoms with Gasteiger partial charge in [-0.25, -0.2) is 9.97 Å². The predicted molar refractivity (Wildman–Crippen MR) is 83.9 cm³/mol. The number of rotatable bonds is 4. The van der Waals surface area contributed by atoms with Crippen LogP contribution in [0.2, 0.25) is 0 Å². The minimum atomic E-state index is 0.125. The van der Waals surface area contributed by atoms with Gasteiger partial charge in [-0.1, -0.05) is 13.3 Å². The van der Waals surface area contributed by atoms with E-state index in [0.29, 0.717) is 0 Å². The van der Waals surface area contributed by atoms with Gasteiger partial charge in [-0.15, -0.1) is 0 Å². The van der Waals surface area contributed by atoms with E-state index in [-0.39, 0.29) is 5.54 Å². The van der Waals surface area contributed by atoms with E-state index >= 15 is 0 Å². The molecule has 1 N–H and O–H groups in total. The summed E-state index contributed by atoms with van der Waals surface area (Å²) in [6.07, 6.45) is 7.77. The number of aromatic nitrogens is 2. The standard InChI is InChI=1S/C16H28N4/c1-5-13-7-6-8-20(12-13)15-17-9-14(10-18-15)11-19-16(2,3)4/h9-10,13,19H,5-8,11-12H2,1-4H3. The molecule has 1 aliphatic heterocycles. The van der Waals surface area contributed by atoms with E-state index in [4.69, 9.17) is 0 Å². The van der Waals surface area contributed by atoms with Gasteiger partial charge in [0.25, 0.3) is 0 Å². The smallest absolute Gasteiger partial charge is 0.225 e. The summed E-state index contributed by atoms with van der Waals surface area (Å²) in [5.74, 6) is 1.69. The highest BCUT2D eigenvalue weighted by Crippen LogP contribution is 2.22. The lowest BCUT2D eigenvalue weighted by molar-refractivity contribution is 0.400. The Kier molecular flexibility index (Phi) is 4.97. The number of hydrogen-bond donors (Lipinski definition) is 1. The summed E-state index contributed by atoms with van der Waals surface area (Å²) in [4.78, 5) is 11.4. The number of nitrogens with zero attached hydrogens (tertiary/aromatic N) is 3. The van der Waals surface area contributed by atoms with Crippen molar-refractivity contribution in [2.45, 2.75) is 59.0 Å². The molecule has 4 heteroatoms. The van der Waals surface area contributed by atoms with Crippen molar-refractivity contribution >= 4 is 5.95 Å². The van der Waals surface area contributed by atoms with E-state index in [9.17, 15) is 0 Å². The number of anilines is 1. The average molecular weight is 276 g/mol. The molecule has 1 saturated heterocycles. The first-order chi connectivity index (χ1) is 9.48. The molecule has 4 nitrogen and oxygen atoms in total. The van der Waals surface area contributed by atoms with Crippen molar-refractivity contribution in [1.29, 1.82) is 0 Å². The van der Waals surface area contributed by atoms with E-state index < -0.39 is 0 Å². The molecule has 2 rings (SSSR count). The van der Waals surface area contributed by atoms with Crippen LogP contribution < -0.4 is 10.2 Å². The molecule has 0 radical (unpaired) electrons. The fraction of sp³-hybridized carbons (Fsp3) is 0.750. The summed E-state index contributed by atoms with van der Waals surface area (Å²) < 4.78 is 0. The molecule has 0 amide bonds. The highest BCUT2D eigenvalue weighted by Gasteiger charge is 2.20. The third-order valence-corrected chi connectivity index (χ3v) is 3.89. The molecule has 112 valence electrons. The average Bonchev–Trinajstić information content (AvgIpc) is 2.45. The molecule has 0 aromatic carbocycles. The Morgan fingerprint density at radius 3 is 2.60 bits per heavy atom. The number of hydrogen-bond acceptors (Lipinski definition) is 4. The summed E-state index contributed by atoms with van der Waals surface area (Å²) in [7, 11) is 0. The lowest BCUT2D eigenvalue weighted by Gasteiger charge is -2.32. The van der Waals surface area contributed by atoms with Crippen LogP contribution in [0, 0.1) is 5.92 Å². The van der Waals surface area contributed by atoms with Gasteiger partial charge in [0.2, 0.25) is 5.95 Å². The van der Waals surface area contributed by atoms with E-state index in [1.54, 1.807) is 0 Å². The molecular weight excluding hydrogens is 248 g/mol. The molecule has 0 spiro atoms. The van der Waals surface area contributed by atoms with Crippen LogP contribution in [0.4, 0.5) is 5.95 Å². The topological polar surface area (TPSA) is 41.1 Å². The molecule has 1 fully saturated rings. The third-order valence-electron chi connectivity index (χ3n) is 3.89. The quantitative estimate of drug-likeness (QED) is 0.918. The lowest BCUT2D eigenvalue weighted by atomic mass is 9.96. The molecule has 1 aromatic heterocycles. The molecule has 1 atom stereocenters. The van der Waals surface area contributed by atoms with Crippen LogP contribution in [0.1, 0.15) is 52.5 Å². The first kappa shape index (κ1) is 15.2. The highest BCUT2D eigenvalue weighted by atomic mass is 15.2. The fourth-order valence-corrected chi connectivity index (χ4v) is 2.55. The zero-order valence-corrected chi connectivity index (χ0v) is 13.3. The minimum Gasteiger partial charge on any atom is -0.341 e. The van der Waals surface area contributed by atoms with Crippen LogP contribution in [0.25, 0.3) is 0 Å². The molecule has 1 unspecified atom stereocenters. The molecule has 20 heavy (non-hydrogen) atoms. The van der Waals surface area contributed by atoms with Gasteiger partial charge >= 0.3 is 0 Å². The Hall–Kier alpha value is -1.16. The maximum Gasteiger partial charge on any atom is 0.225 e. The van der Waals surface area contributed by atoms with E-state index in [1.165, 1.54) is 19.3 Å². The lowest BCUT2D eigenvalue weighted by Crippen LogP contribution is -2.36. The van der Waals surface area contributed by atoms with Crippen LogP contribution >= 0.6 is 0 Å². The van der Waals surface area contributed by atoms with Crippen molar-refractivity contribution in [2.24, 2.45) is 5.92 Å². The van der Waals surface area contributed by atoms with Crippen LogP contribution in [0.5, 0.6) is 0 Å². The SMILES string of the molecule is CCC1CCCN(c2ncc(CNC(C)(C)C)cn2)C1. The van der Waals surface area contributed by atoms with Gasteiger partial charge in [0.05, 0.1) is 0 Å². The third kappa shape index (κ3) is 4.44. The summed E-state index contributed by atoms with van der Waals surface area (Å²) in [6.45, 7) is 11.8. The van der Waals surface area contributed by atoms with Crippen molar-refractivity contribution in [1.82, 2.24) is 15.3 Å². The maximum atomic E-state index is 4.55. The second-order valence-electron chi connectivity index (χ2n) is 6.86. The van der Waals surface area contributed by atoms with Crippen LogP contribution in [-0.2, 0) is 6.54 Å². The zero-order chi connectivity index (χ0) is 14.6. The summed E-state index contributed by atoms with van der Waals surface area (Å²) in [5, 5.41) is 3.46. The van der Waals surface area contributed by atoms with Crippen molar-refractivity contribution in [3.8, 4) is 0 Å². The molecular formula is C16H28N4. The maximum absolute atomic E-state index is 4.55. The van der Waals surface area contributed by atoms with Crippen molar-refractivity contribution < 1.29 is 0 Å². The van der Waals surface area contributed by atoms with Crippen LogP contribution in [0.15, 0.2) is 12.4 Å². The van der Waals surface area contributed by atoms with Gasteiger partial charge in [-0.2, -0.15) is 0 Å². The summed E-state index contributed by atoms with van der Waals surface area (Å²) in [5.41, 5.74) is 1.27. The molecule has 2 heterocycles. The normalized spacial score (nSPS) is 20.2. The monoisotopic (exact) mass is 276 g/mol. The number of piperidine rings is 1. The van der Waals surface area contributed by atoms with Crippen LogP contribution in [-0.4, -0.2) is 28.6 Å². The largest absolute Gasteiger partial charge is 0.341 e. The molecule has 0 bridgehead atoms. The van der Waals surface area contributed by atoms with Gasteiger partial charge in [-0.3, -0.25) is 0 Å². The zero-order valence-electron chi connectivity index (χ0n) is 13.3. The summed E-state index contributed by atoms with van der Waals surface area (Å²) in [6, 6.07) is 0. The second-order valence-corrected chi connectivity index (χ2v) is 6.86. The van der Waals surface area contributed by atoms with Crippen LogP contribution in [0.3, 0.4) is 0 Å². The van der Waals surface area contributed by atoms with E-state index in [0.717, 1.165) is 37.1 Å². The van der Waals surface area contributed by atoms with Gasteiger partial charge in [0.1, 0.15) is 0 Å². The predicted octanol–water partition coefficient (Wildman–Crippen LogP) is 2.99. The molecule has 1 aromatic rings. The van der Waals surface area contributed by atoms with E-state index in [2.05, 4.69) is 47.9 Å². The molecule has 0 saturated carbocycles. The van der Waals surface area contributed by atoms with Crippen molar-refractivity contribution in [3.05, 3.63) is 18.0 Å². The highest BCUT2D eigenvalue weighted by molar-refractivity contribution is 5.30. The van der Waals surface area contributed by atoms with Gasteiger partial charge in [0, 0.05) is 43.1 Å². The Labute approximate surface area is 123 Å². The first-order valence-corrected chi connectivity index (χ1v) is 7.79. The second kappa shape index (κ2) is 6.53. The Morgan fingerprint density at radius 1 is 1.30 bits per heavy atom. The van der Waals surface area contributed by atoms with Crippen molar-refractivity contribution in [3.63, 3.8) is 0 Å². The Bertz CT molecular complexity index is 407. The van der Waals surface area contributed by atoms with Gasteiger partial charge < -0.3 is 10.2 Å².